The summed E-state index contributed by atoms with van der Waals surface area (Å²) in [5.74, 6) is -0.188. The third-order valence-corrected chi connectivity index (χ3v) is 4.21. The molecule has 140 valence electrons. The first-order chi connectivity index (χ1) is 12.4. The molecule has 3 rings (SSSR count). The topological polar surface area (TPSA) is 82.2 Å². The van der Waals surface area contributed by atoms with Crippen LogP contribution in [0.3, 0.4) is 0 Å². The number of ether oxygens (including phenoxy) is 1. The standard InChI is InChI=1S/C17H19F3N4O2/c18-17(19,20)15-7-8-24(23-15)12-3-1-11(2-4-12)10-22-16(25)14-6-5-13(9-21)26-14/h1-4,7-8,13-14H,5-6,9-10,21H2,(H,22,25)/t13-,14+/m1/s1. The van der Waals surface area contributed by atoms with E-state index < -0.39 is 18.0 Å². The Labute approximate surface area is 148 Å². The van der Waals surface area contributed by atoms with Crippen molar-refractivity contribution < 1.29 is 22.7 Å². The van der Waals surface area contributed by atoms with Crippen molar-refractivity contribution in [3.05, 3.63) is 47.8 Å². The van der Waals surface area contributed by atoms with Crippen LogP contribution in [0.2, 0.25) is 0 Å². The fourth-order valence-electron chi connectivity index (χ4n) is 2.76. The summed E-state index contributed by atoms with van der Waals surface area (Å²) in [6.07, 6.45) is -2.35. The van der Waals surface area contributed by atoms with E-state index in [1.165, 1.54) is 6.20 Å². The Morgan fingerprint density at radius 2 is 2.00 bits per heavy atom. The SMILES string of the molecule is NC[C@H]1CC[C@@H](C(=O)NCc2ccc(-n3ccc(C(F)(F)F)n3)cc2)O1. The Kier molecular flexibility index (Phi) is 5.28. The van der Waals surface area contributed by atoms with Gasteiger partial charge in [0.2, 0.25) is 5.91 Å². The van der Waals surface area contributed by atoms with E-state index in [2.05, 4.69) is 10.4 Å². The van der Waals surface area contributed by atoms with Crippen LogP contribution in [0.1, 0.15) is 24.1 Å². The molecule has 3 N–H and O–H groups in total. The first kappa shape index (κ1) is 18.4. The number of benzene rings is 1. The molecule has 0 spiro atoms. The van der Waals surface area contributed by atoms with Crippen LogP contribution in [-0.4, -0.2) is 34.4 Å². The van der Waals surface area contributed by atoms with Crippen LogP contribution in [0.25, 0.3) is 5.69 Å². The molecule has 0 radical (unpaired) electrons. The molecule has 1 aromatic heterocycles. The summed E-state index contributed by atoms with van der Waals surface area (Å²) >= 11 is 0. The number of nitrogens with zero attached hydrogens (tertiary/aromatic N) is 2. The van der Waals surface area contributed by atoms with Crippen molar-refractivity contribution in [2.75, 3.05) is 6.54 Å². The fraction of sp³-hybridized carbons (Fsp3) is 0.412. The van der Waals surface area contributed by atoms with Crippen molar-refractivity contribution in [1.82, 2.24) is 15.1 Å². The average molecular weight is 368 g/mol. The maximum absolute atomic E-state index is 12.6. The molecule has 9 heteroatoms. The van der Waals surface area contributed by atoms with E-state index in [1.807, 2.05) is 0 Å². The van der Waals surface area contributed by atoms with Gasteiger partial charge in [-0.3, -0.25) is 4.79 Å². The van der Waals surface area contributed by atoms with Crippen molar-refractivity contribution in [1.29, 1.82) is 0 Å². The highest BCUT2D eigenvalue weighted by atomic mass is 19.4. The number of carbonyl (C=O) groups is 1. The van der Waals surface area contributed by atoms with Gasteiger partial charge < -0.3 is 15.8 Å². The molecule has 2 heterocycles. The van der Waals surface area contributed by atoms with Gasteiger partial charge in [-0.1, -0.05) is 12.1 Å². The van der Waals surface area contributed by atoms with Crippen molar-refractivity contribution in [3.63, 3.8) is 0 Å². The minimum atomic E-state index is -4.47. The van der Waals surface area contributed by atoms with E-state index in [0.29, 0.717) is 25.2 Å². The average Bonchev–Trinajstić information content (AvgIpc) is 3.29. The van der Waals surface area contributed by atoms with E-state index in [-0.39, 0.29) is 12.0 Å². The molecule has 1 aliphatic heterocycles. The third-order valence-electron chi connectivity index (χ3n) is 4.21. The van der Waals surface area contributed by atoms with E-state index in [1.54, 1.807) is 24.3 Å². The van der Waals surface area contributed by atoms with Gasteiger partial charge in [0, 0.05) is 19.3 Å². The summed E-state index contributed by atoms with van der Waals surface area (Å²) in [5.41, 5.74) is 5.90. The Morgan fingerprint density at radius 1 is 1.27 bits per heavy atom. The molecule has 1 fully saturated rings. The number of rotatable bonds is 5. The zero-order valence-corrected chi connectivity index (χ0v) is 13.9. The second kappa shape index (κ2) is 7.46. The normalized spacial score (nSPS) is 20.3. The second-order valence-electron chi connectivity index (χ2n) is 6.09. The lowest BCUT2D eigenvalue weighted by molar-refractivity contribution is -0.141. The number of alkyl halides is 3. The maximum atomic E-state index is 12.6. The maximum Gasteiger partial charge on any atom is 0.435 e. The van der Waals surface area contributed by atoms with Gasteiger partial charge in [0.05, 0.1) is 11.8 Å². The summed E-state index contributed by atoms with van der Waals surface area (Å²) in [5, 5.41) is 6.31. The predicted octanol–water partition coefficient (Wildman–Crippen LogP) is 2.01. The van der Waals surface area contributed by atoms with Gasteiger partial charge in [-0.25, -0.2) is 4.68 Å². The van der Waals surface area contributed by atoms with Crippen LogP contribution >= 0.6 is 0 Å². The van der Waals surface area contributed by atoms with Gasteiger partial charge in [0.25, 0.3) is 0 Å². The number of hydrogen-bond acceptors (Lipinski definition) is 4. The smallest absolute Gasteiger partial charge is 0.364 e. The van der Waals surface area contributed by atoms with Gasteiger partial charge in [0.15, 0.2) is 5.69 Å². The van der Waals surface area contributed by atoms with Gasteiger partial charge in [-0.05, 0) is 36.6 Å². The Balaban J connectivity index is 1.56. The zero-order valence-electron chi connectivity index (χ0n) is 13.9. The number of carbonyl (C=O) groups excluding carboxylic acids is 1. The number of nitrogens with two attached hydrogens (primary N) is 1. The highest BCUT2D eigenvalue weighted by Gasteiger charge is 2.33. The molecular formula is C17H19F3N4O2. The highest BCUT2D eigenvalue weighted by Crippen LogP contribution is 2.27. The molecule has 1 saturated heterocycles. The Morgan fingerprint density at radius 3 is 2.58 bits per heavy atom. The fourth-order valence-corrected chi connectivity index (χ4v) is 2.76. The van der Waals surface area contributed by atoms with Crippen molar-refractivity contribution >= 4 is 5.91 Å². The molecule has 0 saturated carbocycles. The number of amides is 1. The van der Waals surface area contributed by atoms with Gasteiger partial charge in [-0.15, -0.1) is 0 Å². The lowest BCUT2D eigenvalue weighted by atomic mass is 10.1. The number of nitrogens with one attached hydrogen (secondary N) is 1. The van der Waals surface area contributed by atoms with E-state index in [9.17, 15) is 18.0 Å². The minimum Gasteiger partial charge on any atom is -0.364 e. The van der Waals surface area contributed by atoms with Gasteiger partial charge >= 0.3 is 6.18 Å². The Bertz CT molecular complexity index is 758. The number of halogens is 3. The summed E-state index contributed by atoms with van der Waals surface area (Å²) in [6.45, 7) is 0.702. The summed E-state index contributed by atoms with van der Waals surface area (Å²) < 4.78 is 44.5. The number of hydrogen-bond donors (Lipinski definition) is 2. The lowest BCUT2D eigenvalue weighted by Gasteiger charge is -2.13. The summed E-state index contributed by atoms with van der Waals surface area (Å²) in [7, 11) is 0. The summed E-state index contributed by atoms with van der Waals surface area (Å²) in [4.78, 5) is 12.1. The second-order valence-corrected chi connectivity index (χ2v) is 6.09. The molecule has 1 amide bonds. The van der Waals surface area contributed by atoms with Crippen molar-refractivity contribution in [2.24, 2.45) is 5.73 Å². The van der Waals surface area contributed by atoms with Crippen LogP contribution < -0.4 is 11.1 Å². The Hall–Kier alpha value is -2.39. The van der Waals surface area contributed by atoms with Crippen LogP contribution in [0.5, 0.6) is 0 Å². The van der Waals surface area contributed by atoms with E-state index in [4.69, 9.17) is 10.5 Å². The minimum absolute atomic E-state index is 0.0688. The van der Waals surface area contributed by atoms with Crippen LogP contribution in [-0.2, 0) is 22.3 Å². The monoisotopic (exact) mass is 368 g/mol. The van der Waals surface area contributed by atoms with Crippen LogP contribution in [0, 0.1) is 0 Å². The first-order valence-electron chi connectivity index (χ1n) is 8.22. The molecule has 0 bridgehead atoms. The van der Waals surface area contributed by atoms with Crippen LogP contribution in [0.4, 0.5) is 13.2 Å². The molecular weight excluding hydrogens is 349 g/mol. The molecule has 2 aromatic rings. The highest BCUT2D eigenvalue weighted by molar-refractivity contribution is 5.81. The van der Waals surface area contributed by atoms with Gasteiger partial charge in [-0.2, -0.15) is 18.3 Å². The largest absolute Gasteiger partial charge is 0.435 e. The lowest BCUT2D eigenvalue weighted by Crippen LogP contribution is -2.35. The van der Waals surface area contributed by atoms with Crippen molar-refractivity contribution in [3.8, 4) is 5.69 Å². The quantitative estimate of drug-likeness (QED) is 0.846. The molecule has 1 aliphatic rings. The molecule has 0 aliphatic carbocycles. The molecule has 0 unspecified atom stereocenters. The molecule has 1 aromatic carbocycles. The van der Waals surface area contributed by atoms with E-state index >= 15 is 0 Å². The first-order valence-corrected chi connectivity index (χ1v) is 8.22. The van der Waals surface area contributed by atoms with Crippen LogP contribution in [0.15, 0.2) is 36.5 Å². The van der Waals surface area contributed by atoms with E-state index in [0.717, 1.165) is 22.7 Å². The predicted molar refractivity (Wildman–Crippen MR) is 87.4 cm³/mol. The molecule has 6 nitrogen and oxygen atoms in total. The third kappa shape index (κ3) is 4.23. The molecule has 2 atom stereocenters. The molecule has 26 heavy (non-hydrogen) atoms. The zero-order chi connectivity index (χ0) is 18.7. The van der Waals surface area contributed by atoms with Gasteiger partial charge in [0.1, 0.15) is 6.10 Å². The summed E-state index contributed by atoms with van der Waals surface area (Å²) in [6, 6.07) is 7.66. The number of aromatic nitrogens is 2. The van der Waals surface area contributed by atoms with Crippen molar-refractivity contribution in [2.45, 2.75) is 37.8 Å².